The fourth-order valence-corrected chi connectivity index (χ4v) is 1.65. The number of nitrogens with zero attached hydrogens (tertiary/aromatic N) is 1. The monoisotopic (exact) mass is 267 g/mol. The van der Waals surface area contributed by atoms with Gasteiger partial charge in [-0.25, -0.2) is 13.8 Å². The highest BCUT2D eigenvalue weighted by molar-refractivity contribution is 6.17. The molecule has 0 saturated heterocycles. The molecule has 0 aromatic carbocycles. The Hall–Kier alpha value is -1.30. The molecule has 0 amide bonds. The second kappa shape index (κ2) is 5.86. The minimum atomic E-state index is -3.03. The lowest BCUT2D eigenvalue weighted by molar-refractivity contribution is -0.139. The molecule has 0 bridgehead atoms. The summed E-state index contributed by atoms with van der Waals surface area (Å²) >= 11 is 5.50. The van der Waals surface area contributed by atoms with Gasteiger partial charge in [0.2, 0.25) is 5.95 Å². The van der Waals surface area contributed by atoms with E-state index in [1.54, 1.807) is 0 Å². The third kappa shape index (κ3) is 3.09. The molecular formula is C10H9ClF3NO2. The van der Waals surface area contributed by atoms with Crippen molar-refractivity contribution in [3.63, 3.8) is 0 Å². The lowest BCUT2D eigenvalue weighted by Gasteiger charge is -2.11. The molecule has 0 saturated carbocycles. The lowest BCUT2D eigenvalue weighted by Crippen LogP contribution is -2.10. The molecule has 0 aliphatic rings. The normalized spacial score (nSPS) is 10.7. The molecular weight excluding hydrogens is 259 g/mol. The van der Waals surface area contributed by atoms with E-state index >= 15 is 0 Å². The zero-order valence-corrected chi connectivity index (χ0v) is 9.60. The van der Waals surface area contributed by atoms with Gasteiger partial charge < -0.3 is 4.74 Å². The Morgan fingerprint density at radius 3 is 2.71 bits per heavy atom. The number of hydrogen-bond acceptors (Lipinski definition) is 3. The summed E-state index contributed by atoms with van der Waals surface area (Å²) in [5, 5.41) is 0. The molecule has 0 N–H and O–H groups in total. The van der Waals surface area contributed by atoms with Gasteiger partial charge in [0.25, 0.3) is 6.43 Å². The summed E-state index contributed by atoms with van der Waals surface area (Å²) in [4.78, 5) is 14.2. The van der Waals surface area contributed by atoms with E-state index < -0.39 is 23.9 Å². The van der Waals surface area contributed by atoms with E-state index in [9.17, 15) is 18.0 Å². The highest BCUT2D eigenvalue weighted by Crippen LogP contribution is 2.28. The number of halogens is 4. The second-order valence-corrected chi connectivity index (χ2v) is 3.42. The molecule has 0 spiro atoms. The zero-order valence-electron chi connectivity index (χ0n) is 8.84. The van der Waals surface area contributed by atoms with Crippen molar-refractivity contribution in [3.8, 4) is 0 Å². The first-order valence-electron chi connectivity index (χ1n) is 4.58. The quantitative estimate of drug-likeness (QED) is 0.478. The van der Waals surface area contributed by atoms with Crippen LogP contribution in [0.15, 0.2) is 6.20 Å². The predicted octanol–water partition coefficient (Wildman–Crippen LogP) is 2.61. The van der Waals surface area contributed by atoms with Crippen molar-refractivity contribution in [1.29, 1.82) is 0 Å². The number of carbonyl (C=O) groups excluding carboxylic acids is 1. The van der Waals surface area contributed by atoms with Crippen LogP contribution in [0.2, 0.25) is 0 Å². The van der Waals surface area contributed by atoms with Gasteiger partial charge in [-0.2, -0.15) is 4.39 Å². The Kier molecular flexibility index (Phi) is 4.74. The molecule has 0 radical (unpaired) electrons. The molecule has 0 aliphatic heterocycles. The highest BCUT2D eigenvalue weighted by Gasteiger charge is 2.23. The molecule has 0 fully saturated rings. The van der Waals surface area contributed by atoms with Crippen LogP contribution in [-0.2, 0) is 21.8 Å². The number of rotatable bonds is 4. The van der Waals surface area contributed by atoms with Crippen LogP contribution >= 0.6 is 11.6 Å². The Labute approximate surface area is 101 Å². The number of aromatic nitrogens is 1. The summed E-state index contributed by atoms with van der Waals surface area (Å²) in [6.45, 7) is 0. The van der Waals surface area contributed by atoms with E-state index in [1.807, 2.05) is 0 Å². The van der Waals surface area contributed by atoms with Crippen LogP contribution in [0.3, 0.4) is 0 Å². The van der Waals surface area contributed by atoms with Crippen LogP contribution in [0.4, 0.5) is 13.2 Å². The molecule has 1 heterocycles. The van der Waals surface area contributed by atoms with Crippen molar-refractivity contribution in [2.75, 3.05) is 7.11 Å². The van der Waals surface area contributed by atoms with E-state index in [2.05, 4.69) is 9.72 Å². The van der Waals surface area contributed by atoms with Crippen molar-refractivity contribution in [2.45, 2.75) is 18.7 Å². The number of alkyl halides is 3. The molecule has 17 heavy (non-hydrogen) atoms. The molecule has 1 aromatic rings. The van der Waals surface area contributed by atoms with Gasteiger partial charge in [-0.05, 0) is 11.1 Å². The van der Waals surface area contributed by atoms with Crippen molar-refractivity contribution in [3.05, 3.63) is 28.8 Å². The molecule has 1 rings (SSSR count). The standard InChI is InChI=1S/C10H9ClF3NO2/c1-17-7(16)2-5-4-15-10(14)8(9(12)13)6(5)3-11/h4,9H,2-3H2,1H3. The van der Waals surface area contributed by atoms with Gasteiger partial charge in [-0.1, -0.05) is 0 Å². The third-order valence-electron chi connectivity index (χ3n) is 2.18. The van der Waals surface area contributed by atoms with E-state index in [0.29, 0.717) is 0 Å². The number of hydrogen-bond donors (Lipinski definition) is 0. The molecule has 0 atom stereocenters. The van der Waals surface area contributed by atoms with Gasteiger partial charge in [0.05, 0.1) is 19.1 Å². The Balaban J connectivity index is 3.23. The molecule has 3 nitrogen and oxygen atoms in total. The maximum absolute atomic E-state index is 13.1. The molecule has 7 heteroatoms. The topological polar surface area (TPSA) is 39.2 Å². The van der Waals surface area contributed by atoms with Gasteiger partial charge in [0, 0.05) is 12.1 Å². The first-order chi connectivity index (χ1) is 8.01. The molecule has 94 valence electrons. The van der Waals surface area contributed by atoms with E-state index in [1.165, 1.54) is 0 Å². The Morgan fingerprint density at radius 1 is 1.59 bits per heavy atom. The highest BCUT2D eigenvalue weighted by atomic mass is 35.5. The fourth-order valence-electron chi connectivity index (χ4n) is 1.34. The van der Waals surface area contributed by atoms with Crippen LogP contribution in [0.5, 0.6) is 0 Å². The van der Waals surface area contributed by atoms with Crippen molar-refractivity contribution >= 4 is 17.6 Å². The van der Waals surface area contributed by atoms with Gasteiger partial charge in [-0.3, -0.25) is 4.79 Å². The van der Waals surface area contributed by atoms with Gasteiger partial charge in [0.15, 0.2) is 0 Å². The largest absolute Gasteiger partial charge is 0.469 e. The van der Waals surface area contributed by atoms with Crippen molar-refractivity contribution < 1.29 is 22.7 Å². The average molecular weight is 268 g/mol. The number of methoxy groups -OCH3 is 1. The first-order valence-corrected chi connectivity index (χ1v) is 5.11. The zero-order chi connectivity index (χ0) is 13.0. The van der Waals surface area contributed by atoms with Crippen LogP contribution < -0.4 is 0 Å². The summed E-state index contributed by atoms with van der Waals surface area (Å²) in [6, 6.07) is 0. The van der Waals surface area contributed by atoms with Crippen LogP contribution in [0.25, 0.3) is 0 Å². The number of carbonyl (C=O) groups is 1. The Bertz CT molecular complexity index is 426. The smallest absolute Gasteiger partial charge is 0.310 e. The maximum Gasteiger partial charge on any atom is 0.310 e. The summed E-state index contributed by atoms with van der Waals surface area (Å²) < 4.78 is 42.8. The minimum absolute atomic E-state index is 0.112. The van der Waals surface area contributed by atoms with Crippen LogP contribution in [0.1, 0.15) is 23.1 Å². The number of esters is 1. The summed E-state index contributed by atoms with van der Waals surface area (Å²) in [6.07, 6.45) is -2.30. The maximum atomic E-state index is 13.1. The van der Waals surface area contributed by atoms with Gasteiger partial charge in [-0.15, -0.1) is 11.6 Å². The number of ether oxygens (including phenoxy) is 1. The SMILES string of the molecule is COC(=O)Cc1cnc(F)c(C(F)F)c1CCl. The lowest BCUT2D eigenvalue weighted by atomic mass is 10.0. The van der Waals surface area contributed by atoms with Gasteiger partial charge in [0.1, 0.15) is 0 Å². The second-order valence-electron chi connectivity index (χ2n) is 3.15. The third-order valence-corrected chi connectivity index (χ3v) is 2.45. The first kappa shape index (κ1) is 13.8. The van der Waals surface area contributed by atoms with Crippen molar-refractivity contribution in [1.82, 2.24) is 4.98 Å². The van der Waals surface area contributed by atoms with E-state index in [-0.39, 0.29) is 23.4 Å². The minimum Gasteiger partial charge on any atom is -0.469 e. The van der Waals surface area contributed by atoms with Gasteiger partial charge >= 0.3 is 5.97 Å². The molecule has 0 aliphatic carbocycles. The molecule has 1 aromatic heterocycles. The Morgan fingerprint density at radius 2 is 2.24 bits per heavy atom. The predicted molar refractivity (Wildman–Crippen MR) is 54.4 cm³/mol. The summed E-state index contributed by atoms with van der Waals surface area (Å²) in [5.74, 6) is -2.24. The number of pyridine rings is 1. The van der Waals surface area contributed by atoms with E-state index in [0.717, 1.165) is 13.3 Å². The van der Waals surface area contributed by atoms with Crippen molar-refractivity contribution in [2.24, 2.45) is 0 Å². The fraction of sp³-hybridized carbons (Fsp3) is 0.400. The van der Waals surface area contributed by atoms with Crippen LogP contribution in [0, 0.1) is 5.95 Å². The van der Waals surface area contributed by atoms with E-state index in [4.69, 9.17) is 11.6 Å². The molecule has 0 unspecified atom stereocenters. The average Bonchev–Trinajstić information content (AvgIpc) is 2.30. The summed E-state index contributed by atoms with van der Waals surface area (Å²) in [7, 11) is 1.16. The van der Waals surface area contributed by atoms with Crippen LogP contribution in [-0.4, -0.2) is 18.1 Å². The summed E-state index contributed by atoms with van der Waals surface area (Å²) in [5.41, 5.74) is -0.829.